The van der Waals surface area contributed by atoms with Crippen molar-refractivity contribution in [3.05, 3.63) is 30.6 Å². The fourth-order valence-corrected chi connectivity index (χ4v) is 1.57. The van der Waals surface area contributed by atoms with Crippen LogP contribution in [0.5, 0.6) is 0 Å². The highest BCUT2D eigenvalue weighted by molar-refractivity contribution is 5.04. The van der Waals surface area contributed by atoms with Gasteiger partial charge in [-0.25, -0.2) is 0 Å². The second kappa shape index (κ2) is 5.12. The Balaban J connectivity index is 1.72. The average Bonchev–Trinajstić information content (AvgIpc) is 2.97. The number of nitrogens with zero attached hydrogens (tertiary/aromatic N) is 2. The number of allylic oxidation sites excluding steroid dienone is 1. The third-order valence-electron chi connectivity index (χ3n) is 2.65. The van der Waals surface area contributed by atoms with Gasteiger partial charge in [-0.05, 0) is 25.7 Å². The van der Waals surface area contributed by atoms with Crippen LogP contribution >= 0.6 is 0 Å². The van der Waals surface area contributed by atoms with Gasteiger partial charge in [0.15, 0.2) is 0 Å². The Morgan fingerprint density at radius 3 is 3.20 bits per heavy atom. The molecule has 3 nitrogen and oxygen atoms in total. The summed E-state index contributed by atoms with van der Waals surface area (Å²) in [5, 5.41) is 7.81. The van der Waals surface area contributed by atoms with Gasteiger partial charge in [0.1, 0.15) is 0 Å². The van der Waals surface area contributed by atoms with E-state index in [-0.39, 0.29) is 0 Å². The van der Waals surface area contributed by atoms with E-state index in [0.717, 1.165) is 32.0 Å². The van der Waals surface area contributed by atoms with Gasteiger partial charge in [-0.3, -0.25) is 4.68 Å². The summed E-state index contributed by atoms with van der Waals surface area (Å²) in [6.45, 7) is 5.67. The Morgan fingerprint density at radius 2 is 2.47 bits per heavy atom. The predicted octanol–water partition coefficient (Wildman–Crippen LogP) is 2.10. The van der Waals surface area contributed by atoms with Crippen LogP contribution in [0.3, 0.4) is 0 Å². The number of aryl methyl sites for hydroxylation is 1. The molecule has 0 saturated heterocycles. The maximum absolute atomic E-state index is 4.33. The van der Waals surface area contributed by atoms with Crippen LogP contribution in [0, 0.1) is 0 Å². The highest BCUT2D eigenvalue weighted by Crippen LogP contribution is 2.19. The van der Waals surface area contributed by atoms with Crippen molar-refractivity contribution < 1.29 is 0 Å². The molecule has 1 aliphatic rings. The van der Waals surface area contributed by atoms with E-state index in [1.165, 1.54) is 18.4 Å². The molecule has 3 heteroatoms. The summed E-state index contributed by atoms with van der Waals surface area (Å²) in [6.07, 6.45) is 10.9. The van der Waals surface area contributed by atoms with Crippen molar-refractivity contribution in [1.29, 1.82) is 0 Å². The van der Waals surface area contributed by atoms with E-state index < -0.39 is 0 Å². The fourth-order valence-electron chi connectivity index (χ4n) is 1.57. The lowest BCUT2D eigenvalue weighted by Gasteiger charge is -1.99. The highest BCUT2D eigenvalue weighted by atomic mass is 15.3. The summed E-state index contributed by atoms with van der Waals surface area (Å²) in [6, 6.07) is 0.772. The van der Waals surface area contributed by atoms with Crippen LogP contribution < -0.4 is 5.32 Å². The molecular weight excluding hydrogens is 186 g/mol. The second-order valence-corrected chi connectivity index (χ2v) is 4.20. The summed E-state index contributed by atoms with van der Waals surface area (Å²) in [7, 11) is 0. The van der Waals surface area contributed by atoms with Gasteiger partial charge in [0.2, 0.25) is 0 Å². The van der Waals surface area contributed by atoms with Crippen molar-refractivity contribution in [2.75, 3.05) is 0 Å². The third kappa shape index (κ3) is 3.51. The van der Waals surface area contributed by atoms with E-state index in [2.05, 4.69) is 23.2 Å². The van der Waals surface area contributed by atoms with Crippen LogP contribution in [0.4, 0.5) is 0 Å². The van der Waals surface area contributed by atoms with Gasteiger partial charge < -0.3 is 5.32 Å². The Bertz CT molecular complexity index is 312. The molecule has 0 aromatic carbocycles. The first-order valence-electron chi connectivity index (χ1n) is 5.74. The van der Waals surface area contributed by atoms with Gasteiger partial charge >= 0.3 is 0 Å². The molecule has 0 amide bonds. The summed E-state index contributed by atoms with van der Waals surface area (Å²) in [4.78, 5) is 0. The smallest absolute Gasteiger partial charge is 0.0534 e. The molecule has 15 heavy (non-hydrogen) atoms. The number of rotatable bonds is 7. The Kier molecular flexibility index (Phi) is 3.56. The van der Waals surface area contributed by atoms with Crippen LogP contribution in [0.1, 0.15) is 31.2 Å². The monoisotopic (exact) mass is 205 g/mol. The minimum atomic E-state index is 0.772. The van der Waals surface area contributed by atoms with Crippen LogP contribution in [0.15, 0.2) is 25.0 Å². The molecule has 0 unspecified atom stereocenters. The van der Waals surface area contributed by atoms with Crippen molar-refractivity contribution in [3.8, 4) is 0 Å². The fraction of sp³-hybridized carbons (Fsp3) is 0.583. The van der Waals surface area contributed by atoms with Gasteiger partial charge in [-0.15, -0.1) is 6.58 Å². The standard InChI is InChI=1S/C12H19N3/c1-2-3-4-7-15-10-11(9-14-15)8-13-12-5-6-12/h2,9-10,12-13H,1,3-8H2. The quantitative estimate of drug-likeness (QED) is 0.545. The third-order valence-corrected chi connectivity index (χ3v) is 2.65. The zero-order chi connectivity index (χ0) is 10.5. The number of unbranched alkanes of at least 4 members (excludes halogenated alkanes) is 1. The Labute approximate surface area is 91.2 Å². The van der Waals surface area contributed by atoms with E-state index in [1.807, 2.05) is 17.0 Å². The molecule has 1 heterocycles. The van der Waals surface area contributed by atoms with Crippen LogP contribution in [0.25, 0.3) is 0 Å². The largest absolute Gasteiger partial charge is 0.310 e. The maximum Gasteiger partial charge on any atom is 0.0534 e. The Hall–Kier alpha value is -1.09. The molecule has 1 aromatic heterocycles. The summed E-state index contributed by atoms with van der Waals surface area (Å²) < 4.78 is 2.02. The van der Waals surface area contributed by atoms with Crippen molar-refractivity contribution in [2.24, 2.45) is 0 Å². The molecule has 0 spiro atoms. The first kappa shape index (κ1) is 10.4. The molecule has 0 atom stereocenters. The van der Waals surface area contributed by atoms with E-state index in [4.69, 9.17) is 0 Å². The van der Waals surface area contributed by atoms with E-state index in [0.29, 0.717) is 0 Å². The molecule has 1 aromatic rings. The lowest BCUT2D eigenvalue weighted by Crippen LogP contribution is -2.14. The normalized spacial score (nSPS) is 15.5. The lowest BCUT2D eigenvalue weighted by atomic mass is 10.3. The van der Waals surface area contributed by atoms with Crippen molar-refractivity contribution in [3.63, 3.8) is 0 Å². The maximum atomic E-state index is 4.33. The zero-order valence-electron chi connectivity index (χ0n) is 9.15. The highest BCUT2D eigenvalue weighted by Gasteiger charge is 2.19. The minimum Gasteiger partial charge on any atom is -0.310 e. The van der Waals surface area contributed by atoms with Gasteiger partial charge in [0.25, 0.3) is 0 Å². The van der Waals surface area contributed by atoms with E-state index >= 15 is 0 Å². The van der Waals surface area contributed by atoms with E-state index in [9.17, 15) is 0 Å². The summed E-state index contributed by atoms with van der Waals surface area (Å²) >= 11 is 0. The predicted molar refractivity (Wildman–Crippen MR) is 61.5 cm³/mol. The first-order valence-corrected chi connectivity index (χ1v) is 5.74. The molecule has 1 aliphatic carbocycles. The van der Waals surface area contributed by atoms with Crippen molar-refractivity contribution in [1.82, 2.24) is 15.1 Å². The van der Waals surface area contributed by atoms with Crippen molar-refractivity contribution >= 4 is 0 Å². The molecule has 1 saturated carbocycles. The number of hydrogen-bond donors (Lipinski definition) is 1. The molecular formula is C12H19N3. The second-order valence-electron chi connectivity index (χ2n) is 4.20. The lowest BCUT2D eigenvalue weighted by molar-refractivity contribution is 0.582. The molecule has 82 valence electrons. The molecule has 0 bridgehead atoms. The van der Waals surface area contributed by atoms with Gasteiger partial charge in [-0.2, -0.15) is 5.10 Å². The first-order chi connectivity index (χ1) is 7.38. The number of hydrogen-bond acceptors (Lipinski definition) is 2. The average molecular weight is 205 g/mol. The molecule has 0 aliphatic heterocycles. The minimum absolute atomic E-state index is 0.772. The molecule has 1 N–H and O–H groups in total. The number of aromatic nitrogens is 2. The van der Waals surface area contributed by atoms with Crippen LogP contribution in [0.2, 0.25) is 0 Å². The van der Waals surface area contributed by atoms with Gasteiger partial charge in [0, 0.05) is 30.9 Å². The van der Waals surface area contributed by atoms with Crippen LogP contribution in [-0.2, 0) is 13.1 Å². The molecule has 0 radical (unpaired) electrons. The molecule has 2 rings (SSSR count). The van der Waals surface area contributed by atoms with Crippen LogP contribution in [-0.4, -0.2) is 15.8 Å². The van der Waals surface area contributed by atoms with E-state index in [1.54, 1.807) is 0 Å². The van der Waals surface area contributed by atoms with Gasteiger partial charge in [-0.1, -0.05) is 6.08 Å². The summed E-state index contributed by atoms with van der Waals surface area (Å²) in [5.41, 5.74) is 1.29. The topological polar surface area (TPSA) is 29.9 Å². The van der Waals surface area contributed by atoms with Crippen molar-refractivity contribution in [2.45, 2.75) is 44.8 Å². The van der Waals surface area contributed by atoms with Gasteiger partial charge in [0.05, 0.1) is 6.20 Å². The zero-order valence-corrected chi connectivity index (χ0v) is 9.15. The summed E-state index contributed by atoms with van der Waals surface area (Å²) in [5.74, 6) is 0. The number of nitrogens with one attached hydrogen (secondary N) is 1. The Morgan fingerprint density at radius 1 is 1.60 bits per heavy atom. The molecule has 1 fully saturated rings. The SMILES string of the molecule is C=CCCCn1cc(CNC2CC2)cn1.